The maximum absolute atomic E-state index is 10.6. The zero-order chi connectivity index (χ0) is 16.8. The molecule has 0 unspecified atom stereocenters. The van der Waals surface area contributed by atoms with Crippen LogP contribution in [0.15, 0.2) is 63.9 Å². The van der Waals surface area contributed by atoms with Gasteiger partial charge < -0.3 is 5.84 Å². The molecule has 0 fully saturated rings. The molecule has 7 heteroatoms. The van der Waals surface area contributed by atoms with E-state index in [2.05, 4.69) is 29.2 Å². The molecule has 2 N–H and O–H groups in total. The van der Waals surface area contributed by atoms with Crippen molar-refractivity contribution >= 4 is 17.2 Å². The van der Waals surface area contributed by atoms with Crippen LogP contribution < -0.4 is 5.84 Å². The van der Waals surface area contributed by atoms with E-state index in [9.17, 15) is 10.1 Å². The Morgan fingerprint density at radius 3 is 2.17 bits per heavy atom. The van der Waals surface area contributed by atoms with Crippen LogP contribution in [0.4, 0.5) is 11.4 Å². The molecule has 0 saturated carbocycles. The summed E-state index contributed by atoms with van der Waals surface area (Å²) in [6.45, 7) is 4.22. The molecule has 0 aromatic heterocycles. The van der Waals surface area contributed by atoms with Crippen LogP contribution in [-0.4, -0.2) is 10.8 Å². The maximum atomic E-state index is 10.6. The number of rotatable bonds is 4. The van der Waals surface area contributed by atoms with Gasteiger partial charge >= 0.3 is 0 Å². The molecule has 0 amide bonds. The van der Waals surface area contributed by atoms with Gasteiger partial charge in [-0.05, 0) is 23.6 Å². The van der Waals surface area contributed by atoms with E-state index in [-0.39, 0.29) is 5.69 Å². The Hall–Kier alpha value is -3.09. The summed E-state index contributed by atoms with van der Waals surface area (Å²) in [7, 11) is 0. The van der Waals surface area contributed by atoms with E-state index in [0.29, 0.717) is 17.4 Å². The number of nitro groups is 1. The van der Waals surface area contributed by atoms with Gasteiger partial charge in [0.25, 0.3) is 5.69 Å². The van der Waals surface area contributed by atoms with Crippen LogP contribution in [-0.2, 0) is 0 Å². The topological polar surface area (TPSA) is 106 Å². The molecule has 118 valence electrons. The van der Waals surface area contributed by atoms with Gasteiger partial charge in [0.15, 0.2) is 5.84 Å². The molecule has 0 spiro atoms. The number of non-ortho nitro benzene ring substituents is 1. The Labute approximate surface area is 133 Å². The van der Waals surface area contributed by atoms with E-state index >= 15 is 0 Å². The number of nitro benzene ring substituents is 1. The Morgan fingerprint density at radius 2 is 1.70 bits per heavy atom. The fraction of sp³-hybridized carbons (Fsp3) is 0.188. The van der Waals surface area contributed by atoms with Gasteiger partial charge in [-0.2, -0.15) is 5.10 Å². The van der Waals surface area contributed by atoms with E-state index in [1.165, 1.54) is 29.8 Å². The fourth-order valence-corrected chi connectivity index (χ4v) is 1.92. The molecular formula is C16H17N5O2. The first kappa shape index (κ1) is 16.3. The Kier molecular flexibility index (Phi) is 5.14. The molecule has 0 bridgehead atoms. The number of nitrogens with zero attached hydrogens (tertiary/aromatic N) is 4. The van der Waals surface area contributed by atoms with Crippen LogP contribution in [0.5, 0.6) is 0 Å². The van der Waals surface area contributed by atoms with Crippen molar-refractivity contribution in [2.45, 2.75) is 19.8 Å². The summed E-state index contributed by atoms with van der Waals surface area (Å²) in [5.74, 6) is 6.10. The third-order valence-electron chi connectivity index (χ3n) is 3.28. The molecule has 2 aromatic carbocycles. The molecule has 0 radical (unpaired) electrons. The van der Waals surface area contributed by atoms with Gasteiger partial charge in [0, 0.05) is 17.7 Å². The minimum absolute atomic E-state index is 0.000870. The summed E-state index contributed by atoms with van der Waals surface area (Å²) in [4.78, 5) is 10.1. The second-order valence-electron chi connectivity index (χ2n) is 5.20. The fourth-order valence-electron chi connectivity index (χ4n) is 1.92. The summed E-state index contributed by atoms with van der Waals surface area (Å²) in [5.41, 5.74) is 2.44. The molecule has 0 aliphatic carbocycles. The van der Waals surface area contributed by atoms with Gasteiger partial charge in [0.05, 0.1) is 10.6 Å². The van der Waals surface area contributed by atoms with Crippen molar-refractivity contribution in [3.8, 4) is 0 Å². The zero-order valence-electron chi connectivity index (χ0n) is 12.9. The van der Waals surface area contributed by atoms with Crippen molar-refractivity contribution in [2.75, 3.05) is 0 Å². The van der Waals surface area contributed by atoms with Crippen LogP contribution in [0.1, 0.15) is 30.9 Å². The zero-order valence-corrected chi connectivity index (χ0v) is 12.9. The summed E-state index contributed by atoms with van der Waals surface area (Å²) in [5, 5.41) is 22.3. The van der Waals surface area contributed by atoms with Crippen molar-refractivity contribution in [3.05, 3.63) is 69.8 Å². The van der Waals surface area contributed by atoms with Crippen LogP contribution in [0.2, 0.25) is 0 Å². The first-order valence-electron chi connectivity index (χ1n) is 7.05. The second kappa shape index (κ2) is 7.26. The third kappa shape index (κ3) is 4.19. The first-order valence-corrected chi connectivity index (χ1v) is 7.05. The average Bonchev–Trinajstić information content (AvgIpc) is 2.56. The van der Waals surface area contributed by atoms with Gasteiger partial charge in [-0.15, -0.1) is 10.2 Å². The van der Waals surface area contributed by atoms with E-state index in [0.717, 1.165) is 5.56 Å². The number of benzene rings is 2. The van der Waals surface area contributed by atoms with E-state index < -0.39 is 4.92 Å². The smallest absolute Gasteiger partial charge is 0.269 e. The Bertz CT molecular complexity index is 734. The molecule has 23 heavy (non-hydrogen) atoms. The lowest BCUT2D eigenvalue weighted by Gasteiger charge is -2.05. The molecule has 2 aromatic rings. The highest BCUT2D eigenvalue weighted by atomic mass is 16.6. The molecule has 0 aliphatic rings. The van der Waals surface area contributed by atoms with Crippen molar-refractivity contribution in [2.24, 2.45) is 21.2 Å². The molecule has 0 heterocycles. The summed E-state index contributed by atoms with van der Waals surface area (Å²) in [6, 6.07) is 13.5. The van der Waals surface area contributed by atoms with Gasteiger partial charge in [-0.25, -0.2) is 0 Å². The van der Waals surface area contributed by atoms with Gasteiger partial charge in [-0.3, -0.25) is 10.1 Å². The van der Waals surface area contributed by atoms with Gasteiger partial charge in [0.2, 0.25) is 0 Å². The van der Waals surface area contributed by atoms with Crippen LogP contribution in [0.25, 0.3) is 0 Å². The third-order valence-corrected chi connectivity index (χ3v) is 3.28. The van der Waals surface area contributed by atoms with E-state index in [1.807, 2.05) is 24.3 Å². The van der Waals surface area contributed by atoms with Crippen molar-refractivity contribution < 1.29 is 4.92 Å². The standard InChI is InChI=1S/C16H17N5O2/c1-11(2)12-3-5-13(6-4-12)16(18-17)20-19-14-7-9-15(10-8-14)21(22)23/h3-11H,17H2,1-2H3. The first-order chi connectivity index (χ1) is 11.0. The normalized spacial score (nSPS) is 12.0. The molecule has 2 rings (SSSR count). The van der Waals surface area contributed by atoms with Crippen molar-refractivity contribution in [3.63, 3.8) is 0 Å². The lowest BCUT2D eigenvalue weighted by atomic mass is 10.0. The quantitative estimate of drug-likeness (QED) is 0.229. The highest BCUT2D eigenvalue weighted by Gasteiger charge is 2.06. The predicted octanol–water partition coefficient (Wildman–Crippen LogP) is 4.12. The Morgan fingerprint density at radius 1 is 1.09 bits per heavy atom. The highest BCUT2D eigenvalue weighted by molar-refractivity contribution is 5.99. The monoisotopic (exact) mass is 311 g/mol. The summed E-state index contributed by atoms with van der Waals surface area (Å²) in [6.07, 6.45) is 0. The molecule has 0 aliphatic heterocycles. The Balaban J connectivity index is 2.17. The van der Waals surface area contributed by atoms with E-state index in [1.54, 1.807) is 0 Å². The van der Waals surface area contributed by atoms with Crippen LogP contribution >= 0.6 is 0 Å². The highest BCUT2D eigenvalue weighted by Crippen LogP contribution is 2.19. The lowest BCUT2D eigenvalue weighted by molar-refractivity contribution is -0.384. The maximum Gasteiger partial charge on any atom is 0.269 e. The molecule has 0 saturated heterocycles. The van der Waals surface area contributed by atoms with Crippen LogP contribution in [0.3, 0.4) is 0 Å². The number of hydrazone groups is 1. The molecule has 7 nitrogen and oxygen atoms in total. The summed E-state index contributed by atoms with van der Waals surface area (Å²) >= 11 is 0. The van der Waals surface area contributed by atoms with E-state index in [4.69, 9.17) is 5.84 Å². The largest absolute Gasteiger partial charge is 0.321 e. The predicted molar refractivity (Wildman–Crippen MR) is 88.9 cm³/mol. The van der Waals surface area contributed by atoms with Crippen LogP contribution in [0, 0.1) is 10.1 Å². The number of hydrogen-bond acceptors (Lipinski definition) is 5. The second-order valence-corrected chi connectivity index (χ2v) is 5.20. The molecule has 0 atom stereocenters. The van der Waals surface area contributed by atoms with Crippen molar-refractivity contribution in [1.82, 2.24) is 0 Å². The number of azo groups is 1. The number of amidine groups is 1. The van der Waals surface area contributed by atoms with Gasteiger partial charge in [0.1, 0.15) is 0 Å². The summed E-state index contributed by atoms with van der Waals surface area (Å²) < 4.78 is 0. The average molecular weight is 311 g/mol. The lowest BCUT2D eigenvalue weighted by Crippen LogP contribution is -2.01. The van der Waals surface area contributed by atoms with Crippen molar-refractivity contribution in [1.29, 1.82) is 0 Å². The molecular weight excluding hydrogens is 294 g/mol. The number of hydrogen-bond donors (Lipinski definition) is 1. The number of nitrogens with two attached hydrogens (primary N) is 1. The minimum Gasteiger partial charge on any atom is -0.321 e. The van der Waals surface area contributed by atoms with Gasteiger partial charge in [-0.1, -0.05) is 38.1 Å². The minimum atomic E-state index is -0.468. The SMILES string of the molecule is CC(C)c1ccc(C(N=Nc2ccc([N+](=O)[O-])cc2)=NN)cc1.